The number of nitrogens with one attached hydrogen (secondary N) is 2. The minimum absolute atomic E-state index is 0.0402. The van der Waals surface area contributed by atoms with Crippen LogP contribution in [0.3, 0.4) is 0 Å². The van der Waals surface area contributed by atoms with Crippen LogP contribution in [-0.4, -0.2) is 33.1 Å². The molecule has 6 nitrogen and oxygen atoms in total. The van der Waals surface area contributed by atoms with Crippen LogP contribution in [0.2, 0.25) is 0 Å². The average molecular weight is 287 g/mol. The van der Waals surface area contributed by atoms with Crippen LogP contribution >= 0.6 is 0 Å². The van der Waals surface area contributed by atoms with Gasteiger partial charge in [0.15, 0.2) is 0 Å². The Morgan fingerprint density at radius 3 is 2.95 bits per heavy atom. The van der Waals surface area contributed by atoms with E-state index in [4.69, 9.17) is 0 Å². The summed E-state index contributed by atoms with van der Waals surface area (Å²) >= 11 is 0. The van der Waals surface area contributed by atoms with E-state index in [1.165, 1.54) is 0 Å². The van der Waals surface area contributed by atoms with Gasteiger partial charge < -0.3 is 19.8 Å². The zero-order chi connectivity index (χ0) is 14.7. The smallest absolute Gasteiger partial charge is 0.268 e. The lowest BCUT2D eigenvalue weighted by Crippen LogP contribution is -2.32. The maximum absolute atomic E-state index is 12.4. The van der Waals surface area contributed by atoms with Crippen molar-refractivity contribution in [1.82, 2.24) is 24.8 Å². The van der Waals surface area contributed by atoms with E-state index in [0.717, 1.165) is 37.4 Å². The van der Waals surface area contributed by atoms with Gasteiger partial charge in [-0.1, -0.05) is 0 Å². The Bertz CT molecular complexity index is 609. The summed E-state index contributed by atoms with van der Waals surface area (Å²) in [4.78, 5) is 16.6. The highest BCUT2D eigenvalue weighted by Crippen LogP contribution is 2.21. The summed E-state index contributed by atoms with van der Waals surface area (Å²) < 4.78 is 4.01. The summed E-state index contributed by atoms with van der Waals surface area (Å²) in [6, 6.07) is 4.24. The fourth-order valence-corrected chi connectivity index (χ4v) is 2.81. The Balaban J connectivity index is 1.67. The monoisotopic (exact) mass is 287 g/mol. The van der Waals surface area contributed by atoms with Gasteiger partial charge in [0.05, 0.1) is 6.54 Å². The lowest BCUT2D eigenvalue weighted by Gasteiger charge is -2.25. The van der Waals surface area contributed by atoms with Crippen LogP contribution in [0, 0.1) is 0 Å². The molecule has 1 amide bonds. The molecule has 6 heteroatoms. The van der Waals surface area contributed by atoms with Crippen molar-refractivity contribution in [2.24, 2.45) is 7.05 Å². The zero-order valence-electron chi connectivity index (χ0n) is 12.2. The van der Waals surface area contributed by atoms with E-state index in [0.29, 0.717) is 12.6 Å². The first-order chi connectivity index (χ1) is 10.3. The molecule has 0 bridgehead atoms. The van der Waals surface area contributed by atoms with Crippen molar-refractivity contribution in [1.29, 1.82) is 0 Å². The number of aromatic nitrogens is 3. The van der Waals surface area contributed by atoms with Gasteiger partial charge in [-0.3, -0.25) is 4.79 Å². The lowest BCUT2D eigenvalue weighted by atomic mass is 10.1. The molecule has 0 atom stereocenters. The molecule has 2 aromatic rings. The van der Waals surface area contributed by atoms with Gasteiger partial charge in [-0.2, -0.15) is 0 Å². The molecule has 1 aliphatic heterocycles. The summed E-state index contributed by atoms with van der Waals surface area (Å²) in [5.74, 6) is 0.810. The number of nitrogens with zero attached hydrogens (tertiary/aromatic N) is 3. The van der Waals surface area contributed by atoms with Gasteiger partial charge >= 0.3 is 0 Å². The standard InChI is InChI=1S/C15H21N5O/c1-19-10-8-17-14(19)11-18-15(21)13-3-2-9-20(13)12-4-6-16-7-5-12/h2-3,8-10,12,16H,4-7,11H2,1H3,(H,18,21). The van der Waals surface area contributed by atoms with Gasteiger partial charge in [0.25, 0.3) is 5.91 Å². The van der Waals surface area contributed by atoms with Gasteiger partial charge in [-0.25, -0.2) is 4.98 Å². The van der Waals surface area contributed by atoms with Crippen molar-refractivity contribution >= 4 is 5.91 Å². The van der Waals surface area contributed by atoms with E-state index in [-0.39, 0.29) is 5.91 Å². The van der Waals surface area contributed by atoms with Crippen LogP contribution in [0.15, 0.2) is 30.7 Å². The highest BCUT2D eigenvalue weighted by atomic mass is 16.1. The van der Waals surface area contributed by atoms with Gasteiger partial charge in [0.2, 0.25) is 0 Å². The van der Waals surface area contributed by atoms with E-state index >= 15 is 0 Å². The van der Waals surface area contributed by atoms with Gasteiger partial charge in [-0.05, 0) is 38.1 Å². The maximum atomic E-state index is 12.4. The Labute approximate surface area is 124 Å². The molecule has 0 saturated carbocycles. The normalized spacial score (nSPS) is 16.0. The predicted octanol–water partition coefficient (Wildman–Crippen LogP) is 1.08. The molecule has 0 radical (unpaired) electrons. The first-order valence-corrected chi connectivity index (χ1v) is 7.37. The number of carbonyl (C=O) groups excluding carboxylic acids is 1. The van der Waals surface area contributed by atoms with Crippen LogP contribution in [0.5, 0.6) is 0 Å². The second kappa shape index (κ2) is 6.13. The zero-order valence-corrected chi connectivity index (χ0v) is 12.2. The van der Waals surface area contributed by atoms with Crippen molar-refractivity contribution in [2.45, 2.75) is 25.4 Å². The number of amides is 1. The molecule has 0 aliphatic carbocycles. The van der Waals surface area contributed by atoms with E-state index in [2.05, 4.69) is 20.2 Å². The molecule has 1 fully saturated rings. The van der Waals surface area contributed by atoms with Crippen LogP contribution in [-0.2, 0) is 13.6 Å². The number of aryl methyl sites for hydroxylation is 1. The van der Waals surface area contributed by atoms with Crippen molar-refractivity contribution in [2.75, 3.05) is 13.1 Å². The highest BCUT2D eigenvalue weighted by molar-refractivity contribution is 5.92. The third-order valence-corrected chi connectivity index (χ3v) is 4.04. The summed E-state index contributed by atoms with van der Waals surface area (Å²) in [5, 5.41) is 6.30. The molecular weight excluding hydrogens is 266 g/mol. The molecule has 2 N–H and O–H groups in total. The van der Waals surface area contributed by atoms with Crippen molar-refractivity contribution in [3.63, 3.8) is 0 Å². The summed E-state index contributed by atoms with van der Waals surface area (Å²) in [7, 11) is 1.92. The topological polar surface area (TPSA) is 63.9 Å². The number of rotatable bonds is 4. The Morgan fingerprint density at radius 2 is 2.24 bits per heavy atom. The Hall–Kier alpha value is -2.08. The van der Waals surface area contributed by atoms with Crippen molar-refractivity contribution in [3.8, 4) is 0 Å². The molecule has 0 spiro atoms. The van der Waals surface area contributed by atoms with Gasteiger partial charge in [-0.15, -0.1) is 0 Å². The largest absolute Gasteiger partial charge is 0.344 e. The first kappa shape index (κ1) is 13.9. The molecule has 3 rings (SSSR count). The molecule has 0 aromatic carbocycles. The molecule has 0 unspecified atom stereocenters. The third-order valence-electron chi connectivity index (χ3n) is 4.04. The summed E-state index contributed by atoms with van der Waals surface area (Å²) in [5.41, 5.74) is 0.733. The predicted molar refractivity (Wildman–Crippen MR) is 80.0 cm³/mol. The van der Waals surface area contributed by atoms with Crippen molar-refractivity contribution in [3.05, 3.63) is 42.2 Å². The van der Waals surface area contributed by atoms with E-state index in [1.54, 1.807) is 6.20 Å². The second-order valence-electron chi connectivity index (χ2n) is 5.42. The van der Waals surface area contributed by atoms with Crippen LogP contribution < -0.4 is 10.6 Å². The molecular formula is C15H21N5O. The van der Waals surface area contributed by atoms with E-state index in [9.17, 15) is 4.79 Å². The number of hydrogen-bond donors (Lipinski definition) is 2. The number of carbonyl (C=O) groups is 1. The SMILES string of the molecule is Cn1ccnc1CNC(=O)c1cccn1C1CCNCC1. The minimum atomic E-state index is -0.0402. The molecule has 21 heavy (non-hydrogen) atoms. The van der Waals surface area contributed by atoms with Crippen molar-refractivity contribution < 1.29 is 4.79 Å². The molecule has 2 aromatic heterocycles. The van der Waals surface area contributed by atoms with Gasteiger partial charge in [0.1, 0.15) is 11.5 Å². The van der Waals surface area contributed by atoms with Gasteiger partial charge in [0, 0.05) is 31.7 Å². The molecule has 1 aliphatic rings. The van der Waals surface area contributed by atoms with Crippen LogP contribution in [0.4, 0.5) is 0 Å². The number of hydrogen-bond acceptors (Lipinski definition) is 3. The lowest BCUT2D eigenvalue weighted by molar-refractivity contribution is 0.0936. The Kier molecular flexibility index (Phi) is 4.06. The fraction of sp³-hybridized carbons (Fsp3) is 0.467. The van der Waals surface area contributed by atoms with Crippen LogP contribution in [0.25, 0.3) is 0 Å². The third kappa shape index (κ3) is 3.00. The minimum Gasteiger partial charge on any atom is -0.344 e. The summed E-state index contributed by atoms with van der Waals surface area (Å²) in [6.07, 6.45) is 7.74. The molecule has 3 heterocycles. The quantitative estimate of drug-likeness (QED) is 0.884. The second-order valence-corrected chi connectivity index (χ2v) is 5.42. The maximum Gasteiger partial charge on any atom is 0.268 e. The Morgan fingerprint density at radius 1 is 1.43 bits per heavy atom. The number of imidazole rings is 1. The van der Waals surface area contributed by atoms with Crippen LogP contribution in [0.1, 0.15) is 35.2 Å². The average Bonchev–Trinajstić information content (AvgIpc) is 3.15. The molecule has 112 valence electrons. The molecule has 1 saturated heterocycles. The highest BCUT2D eigenvalue weighted by Gasteiger charge is 2.19. The number of piperidine rings is 1. The fourth-order valence-electron chi connectivity index (χ4n) is 2.81. The van der Waals surface area contributed by atoms with E-state index < -0.39 is 0 Å². The first-order valence-electron chi connectivity index (χ1n) is 7.37. The van der Waals surface area contributed by atoms with E-state index in [1.807, 2.05) is 36.1 Å². The summed E-state index contributed by atoms with van der Waals surface area (Å²) in [6.45, 7) is 2.47.